The monoisotopic (exact) mass is 346 g/mol. The summed E-state index contributed by atoms with van der Waals surface area (Å²) < 4.78 is 5.58. The molecule has 0 atom stereocenters. The molecule has 0 fully saturated rings. The molecule has 0 unspecified atom stereocenters. The molecule has 1 aliphatic carbocycles. The second-order valence-electron chi connectivity index (χ2n) is 5.90. The van der Waals surface area contributed by atoms with Crippen LogP contribution in [0.15, 0.2) is 35.1 Å². The van der Waals surface area contributed by atoms with Crippen LogP contribution in [-0.4, -0.2) is 36.0 Å². The number of nitrogens with one attached hydrogen (secondary N) is 1. The Morgan fingerprint density at radius 2 is 2.17 bits per heavy atom. The van der Waals surface area contributed by atoms with E-state index in [1.807, 2.05) is 0 Å². The predicted molar refractivity (Wildman–Crippen MR) is 93.0 cm³/mol. The van der Waals surface area contributed by atoms with Crippen molar-refractivity contribution in [3.63, 3.8) is 0 Å². The number of carbonyl (C=O) groups is 1. The van der Waals surface area contributed by atoms with Crippen LogP contribution in [-0.2, 0) is 12.8 Å². The SMILES string of the molecule is CN(CCOc1cccc(Cl)c1)C(=O)c1cc2c([nH]c1=O)CCC2. The third-order valence-corrected chi connectivity index (χ3v) is 4.39. The Balaban J connectivity index is 1.62. The number of aromatic nitrogens is 1. The highest BCUT2D eigenvalue weighted by Gasteiger charge is 2.20. The Hall–Kier alpha value is -2.27. The van der Waals surface area contributed by atoms with Gasteiger partial charge in [-0.3, -0.25) is 9.59 Å². The van der Waals surface area contributed by atoms with Crippen LogP contribution in [0, 0.1) is 0 Å². The van der Waals surface area contributed by atoms with E-state index in [0.29, 0.717) is 23.9 Å². The number of halogens is 1. The molecule has 24 heavy (non-hydrogen) atoms. The fraction of sp³-hybridized carbons (Fsp3) is 0.333. The van der Waals surface area contributed by atoms with E-state index in [0.717, 1.165) is 30.5 Å². The summed E-state index contributed by atoms with van der Waals surface area (Å²) in [5, 5.41) is 0.599. The molecule has 0 bridgehead atoms. The van der Waals surface area contributed by atoms with Gasteiger partial charge in [0, 0.05) is 17.8 Å². The summed E-state index contributed by atoms with van der Waals surface area (Å²) in [4.78, 5) is 28.9. The minimum Gasteiger partial charge on any atom is -0.492 e. The van der Waals surface area contributed by atoms with Crippen molar-refractivity contribution in [1.29, 1.82) is 0 Å². The van der Waals surface area contributed by atoms with Crippen molar-refractivity contribution < 1.29 is 9.53 Å². The summed E-state index contributed by atoms with van der Waals surface area (Å²) >= 11 is 5.90. The molecule has 0 saturated carbocycles. The predicted octanol–water partition coefficient (Wildman–Crippen LogP) is 2.67. The summed E-state index contributed by atoms with van der Waals surface area (Å²) in [6, 6.07) is 8.83. The number of nitrogens with zero attached hydrogens (tertiary/aromatic N) is 1. The zero-order chi connectivity index (χ0) is 17.1. The Bertz CT molecular complexity index is 816. The first-order valence-corrected chi connectivity index (χ1v) is 8.31. The second kappa shape index (κ2) is 7.09. The van der Waals surface area contributed by atoms with Crippen molar-refractivity contribution in [1.82, 2.24) is 9.88 Å². The summed E-state index contributed by atoms with van der Waals surface area (Å²) in [5.41, 5.74) is 1.91. The van der Waals surface area contributed by atoms with E-state index in [-0.39, 0.29) is 17.0 Å². The van der Waals surface area contributed by atoms with E-state index in [4.69, 9.17) is 16.3 Å². The lowest BCUT2D eigenvalue weighted by atomic mass is 10.1. The number of aryl methyl sites for hydroxylation is 2. The van der Waals surface area contributed by atoms with Gasteiger partial charge < -0.3 is 14.6 Å². The Morgan fingerprint density at radius 3 is 2.96 bits per heavy atom. The van der Waals surface area contributed by atoms with Gasteiger partial charge in [0.15, 0.2) is 0 Å². The maximum atomic E-state index is 12.5. The molecule has 1 aromatic heterocycles. The van der Waals surface area contributed by atoms with Crippen molar-refractivity contribution in [2.75, 3.05) is 20.2 Å². The number of H-pyrrole nitrogens is 1. The molecule has 0 radical (unpaired) electrons. The molecule has 5 nitrogen and oxygen atoms in total. The highest BCUT2D eigenvalue weighted by molar-refractivity contribution is 6.30. The van der Waals surface area contributed by atoms with Crippen LogP contribution >= 0.6 is 11.6 Å². The van der Waals surface area contributed by atoms with Crippen LogP contribution in [0.5, 0.6) is 5.75 Å². The third-order valence-electron chi connectivity index (χ3n) is 4.16. The van der Waals surface area contributed by atoms with Gasteiger partial charge >= 0.3 is 0 Å². The lowest BCUT2D eigenvalue weighted by Gasteiger charge is -2.17. The first-order valence-electron chi connectivity index (χ1n) is 7.93. The maximum absolute atomic E-state index is 12.5. The molecule has 126 valence electrons. The molecular weight excluding hydrogens is 328 g/mol. The Kier molecular flexibility index (Phi) is 4.90. The molecule has 1 aliphatic rings. The van der Waals surface area contributed by atoms with Gasteiger partial charge in [0.25, 0.3) is 11.5 Å². The van der Waals surface area contributed by atoms with Gasteiger partial charge in [-0.05, 0) is 49.1 Å². The maximum Gasteiger partial charge on any atom is 0.261 e. The molecular formula is C18H19ClN2O3. The molecule has 3 rings (SSSR count). The molecule has 0 aliphatic heterocycles. The van der Waals surface area contributed by atoms with Crippen molar-refractivity contribution in [3.05, 3.63) is 62.5 Å². The van der Waals surface area contributed by atoms with E-state index >= 15 is 0 Å². The average Bonchev–Trinajstić information content (AvgIpc) is 3.00. The van der Waals surface area contributed by atoms with Crippen LogP contribution < -0.4 is 10.3 Å². The summed E-state index contributed by atoms with van der Waals surface area (Å²) in [7, 11) is 1.66. The normalized spacial score (nSPS) is 12.8. The van der Waals surface area contributed by atoms with E-state index in [9.17, 15) is 9.59 Å². The second-order valence-corrected chi connectivity index (χ2v) is 6.34. The van der Waals surface area contributed by atoms with E-state index in [1.54, 1.807) is 37.4 Å². The number of pyridine rings is 1. The number of hydrogen-bond acceptors (Lipinski definition) is 3. The van der Waals surface area contributed by atoms with Gasteiger partial charge in [-0.25, -0.2) is 0 Å². The number of benzene rings is 1. The minimum atomic E-state index is -0.316. The van der Waals surface area contributed by atoms with Gasteiger partial charge in [-0.1, -0.05) is 17.7 Å². The summed E-state index contributed by atoms with van der Waals surface area (Å²) in [6.07, 6.45) is 2.81. The van der Waals surface area contributed by atoms with E-state index < -0.39 is 0 Å². The molecule has 1 aromatic carbocycles. The molecule has 1 heterocycles. The quantitative estimate of drug-likeness (QED) is 0.905. The lowest BCUT2D eigenvalue weighted by molar-refractivity contribution is 0.0772. The van der Waals surface area contributed by atoms with Crippen LogP contribution in [0.3, 0.4) is 0 Å². The van der Waals surface area contributed by atoms with Crippen LogP contribution in [0.1, 0.15) is 28.0 Å². The van der Waals surface area contributed by atoms with E-state index in [1.165, 1.54) is 4.90 Å². The largest absolute Gasteiger partial charge is 0.492 e. The minimum absolute atomic E-state index is 0.195. The number of aromatic amines is 1. The molecule has 1 amide bonds. The highest BCUT2D eigenvalue weighted by atomic mass is 35.5. The van der Waals surface area contributed by atoms with E-state index in [2.05, 4.69) is 4.98 Å². The number of hydrogen-bond donors (Lipinski definition) is 1. The zero-order valence-corrected chi connectivity index (χ0v) is 14.2. The zero-order valence-electron chi connectivity index (χ0n) is 13.5. The first-order chi connectivity index (χ1) is 11.5. The summed E-state index contributed by atoms with van der Waals surface area (Å²) in [6.45, 7) is 0.702. The average molecular weight is 347 g/mol. The van der Waals surface area contributed by atoms with Crippen LogP contribution in [0.25, 0.3) is 0 Å². The van der Waals surface area contributed by atoms with Gasteiger partial charge in [0.05, 0.1) is 6.54 Å². The number of likely N-dealkylation sites (N-methyl/N-ethyl adjacent to an activating group) is 1. The molecule has 1 N–H and O–H groups in total. The van der Waals surface area contributed by atoms with Gasteiger partial charge in [-0.2, -0.15) is 0 Å². The number of rotatable bonds is 5. The van der Waals surface area contributed by atoms with Crippen molar-refractivity contribution in [3.8, 4) is 5.75 Å². The Labute approximate surface area is 145 Å². The summed E-state index contributed by atoms with van der Waals surface area (Å²) in [5.74, 6) is 0.361. The number of amides is 1. The lowest BCUT2D eigenvalue weighted by Crippen LogP contribution is -2.34. The molecule has 2 aromatic rings. The standard InChI is InChI=1S/C18H19ClN2O3/c1-21(8-9-24-14-6-3-5-13(19)11-14)18(23)15-10-12-4-2-7-16(12)20-17(15)22/h3,5-6,10-11H,2,4,7-9H2,1H3,(H,20,22). The Morgan fingerprint density at radius 1 is 1.33 bits per heavy atom. The smallest absolute Gasteiger partial charge is 0.261 e. The van der Waals surface area contributed by atoms with Crippen LogP contribution in [0.4, 0.5) is 0 Å². The highest BCUT2D eigenvalue weighted by Crippen LogP contribution is 2.19. The number of ether oxygens (including phenoxy) is 1. The van der Waals surface area contributed by atoms with Crippen LogP contribution in [0.2, 0.25) is 5.02 Å². The van der Waals surface area contributed by atoms with Crippen molar-refractivity contribution >= 4 is 17.5 Å². The topological polar surface area (TPSA) is 62.4 Å². The fourth-order valence-electron chi connectivity index (χ4n) is 2.84. The van der Waals surface area contributed by atoms with Gasteiger partial charge in [-0.15, -0.1) is 0 Å². The van der Waals surface area contributed by atoms with Gasteiger partial charge in [0.1, 0.15) is 17.9 Å². The molecule has 0 spiro atoms. The third kappa shape index (κ3) is 3.62. The molecule has 6 heteroatoms. The number of fused-ring (bicyclic) bond motifs is 1. The van der Waals surface area contributed by atoms with Crippen molar-refractivity contribution in [2.24, 2.45) is 0 Å². The van der Waals surface area contributed by atoms with Gasteiger partial charge in [0.2, 0.25) is 0 Å². The molecule has 0 saturated heterocycles. The van der Waals surface area contributed by atoms with Crippen molar-refractivity contribution in [2.45, 2.75) is 19.3 Å². The fourth-order valence-corrected chi connectivity index (χ4v) is 3.02. The first kappa shape index (κ1) is 16.6. The number of carbonyl (C=O) groups excluding carboxylic acids is 1.